The molecule has 1 amide bonds. The van der Waals surface area contributed by atoms with Crippen LogP contribution in [0.1, 0.15) is 18.4 Å². The average Bonchev–Trinajstić information content (AvgIpc) is 2.49. The van der Waals surface area contributed by atoms with Crippen molar-refractivity contribution < 1.29 is 19.4 Å². The molecule has 2 rings (SSSR count). The zero-order valence-corrected chi connectivity index (χ0v) is 12.0. The first-order valence-electron chi connectivity index (χ1n) is 6.98. The molecule has 0 aromatic heterocycles. The van der Waals surface area contributed by atoms with Crippen LogP contribution in [0.15, 0.2) is 54.6 Å². The fourth-order valence-corrected chi connectivity index (χ4v) is 1.94. The van der Waals surface area contributed by atoms with Gasteiger partial charge >= 0.3 is 12.1 Å². The standard InChI is InChI=1S/C17H17NO4/c19-16(20)8-4-5-13-9-11-14(12-10-13)18-17(21)22-15-6-2-1-3-7-15/h1-3,6-7,9-12H,4-5,8H2,(H,18,21)(H,19,20). The van der Waals surface area contributed by atoms with Gasteiger partial charge in [0.1, 0.15) is 5.75 Å². The second-order valence-electron chi connectivity index (χ2n) is 4.77. The van der Waals surface area contributed by atoms with Gasteiger partial charge in [-0.1, -0.05) is 30.3 Å². The highest BCUT2D eigenvalue weighted by molar-refractivity contribution is 5.86. The molecule has 0 bridgehead atoms. The van der Waals surface area contributed by atoms with Crippen molar-refractivity contribution in [3.05, 3.63) is 60.2 Å². The summed E-state index contributed by atoms with van der Waals surface area (Å²) in [5.74, 6) is -0.313. The number of anilines is 1. The van der Waals surface area contributed by atoms with E-state index in [1.165, 1.54) is 0 Å². The van der Waals surface area contributed by atoms with Crippen LogP contribution >= 0.6 is 0 Å². The van der Waals surface area contributed by atoms with Gasteiger partial charge in [-0.3, -0.25) is 10.1 Å². The Hall–Kier alpha value is -2.82. The molecule has 22 heavy (non-hydrogen) atoms. The third kappa shape index (κ3) is 5.28. The Morgan fingerprint density at radius 3 is 2.32 bits per heavy atom. The summed E-state index contributed by atoms with van der Waals surface area (Å²) in [5.41, 5.74) is 1.66. The van der Waals surface area contributed by atoms with E-state index in [0.717, 1.165) is 5.56 Å². The molecule has 2 aromatic rings. The van der Waals surface area contributed by atoms with Crippen LogP contribution in [0.3, 0.4) is 0 Å². The predicted octanol–water partition coefficient (Wildman–Crippen LogP) is 3.70. The summed E-state index contributed by atoms with van der Waals surface area (Å²) in [5, 5.41) is 11.2. The van der Waals surface area contributed by atoms with Crippen LogP contribution in [-0.4, -0.2) is 17.2 Å². The summed E-state index contributed by atoms with van der Waals surface area (Å²) in [6.07, 6.45) is 0.896. The number of aliphatic carboxylic acids is 1. The van der Waals surface area contributed by atoms with E-state index < -0.39 is 12.1 Å². The van der Waals surface area contributed by atoms with Crippen LogP contribution in [-0.2, 0) is 11.2 Å². The van der Waals surface area contributed by atoms with E-state index in [0.29, 0.717) is 24.3 Å². The van der Waals surface area contributed by atoms with Crippen LogP contribution in [0, 0.1) is 0 Å². The fraction of sp³-hybridized carbons (Fsp3) is 0.176. The molecular formula is C17H17NO4. The van der Waals surface area contributed by atoms with Crippen LogP contribution in [0.4, 0.5) is 10.5 Å². The van der Waals surface area contributed by atoms with Crippen LogP contribution in [0.2, 0.25) is 0 Å². The van der Waals surface area contributed by atoms with E-state index in [2.05, 4.69) is 5.32 Å². The van der Waals surface area contributed by atoms with Gasteiger partial charge in [0.15, 0.2) is 0 Å². The molecule has 2 N–H and O–H groups in total. The molecule has 0 radical (unpaired) electrons. The van der Waals surface area contributed by atoms with Gasteiger partial charge in [-0.15, -0.1) is 0 Å². The van der Waals surface area contributed by atoms with E-state index in [-0.39, 0.29) is 6.42 Å². The summed E-state index contributed by atoms with van der Waals surface area (Å²) < 4.78 is 5.12. The van der Waals surface area contributed by atoms with Gasteiger partial charge in [-0.05, 0) is 42.7 Å². The minimum absolute atomic E-state index is 0.156. The maximum atomic E-state index is 11.7. The van der Waals surface area contributed by atoms with Gasteiger partial charge in [-0.25, -0.2) is 4.79 Å². The van der Waals surface area contributed by atoms with Crippen molar-refractivity contribution in [1.82, 2.24) is 0 Å². The Morgan fingerprint density at radius 1 is 1.00 bits per heavy atom. The smallest absolute Gasteiger partial charge is 0.417 e. The summed E-state index contributed by atoms with van der Waals surface area (Å²) in [4.78, 5) is 22.2. The third-order valence-corrected chi connectivity index (χ3v) is 3.01. The lowest BCUT2D eigenvalue weighted by molar-refractivity contribution is -0.137. The molecule has 5 nitrogen and oxygen atoms in total. The highest BCUT2D eigenvalue weighted by atomic mass is 16.6. The van der Waals surface area contributed by atoms with E-state index in [1.54, 1.807) is 36.4 Å². The number of carboxylic acids is 1. The maximum Gasteiger partial charge on any atom is 0.417 e. The van der Waals surface area contributed by atoms with Gasteiger partial charge in [-0.2, -0.15) is 0 Å². The largest absolute Gasteiger partial charge is 0.481 e. The first-order valence-corrected chi connectivity index (χ1v) is 6.98. The third-order valence-electron chi connectivity index (χ3n) is 3.01. The molecule has 2 aromatic carbocycles. The van der Waals surface area contributed by atoms with Gasteiger partial charge < -0.3 is 9.84 Å². The molecule has 0 spiro atoms. The van der Waals surface area contributed by atoms with Crippen LogP contribution < -0.4 is 10.1 Å². The molecule has 0 fully saturated rings. The lowest BCUT2D eigenvalue weighted by atomic mass is 10.1. The molecule has 0 unspecified atom stereocenters. The SMILES string of the molecule is O=C(O)CCCc1ccc(NC(=O)Oc2ccccc2)cc1. The highest BCUT2D eigenvalue weighted by Crippen LogP contribution is 2.14. The number of amides is 1. The number of para-hydroxylation sites is 1. The van der Waals surface area contributed by atoms with Gasteiger partial charge in [0, 0.05) is 12.1 Å². The molecule has 0 aliphatic heterocycles. The molecule has 0 aliphatic rings. The summed E-state index contributed by atoms with van der Waals surface area (Å²) >= 11 is 0. The zero-order chi connectivity index (χ0) is 15.8. The highest BCUT2D eigenvalue weighted by Gasteiger charge is 2.05. The van der Waals surface area contributed by atoms with Crippen molar-refractivity contribution in [3.8, 4) is 5.75 Å². The zero-order valence-electron chi connectivity index (χ0n) is 12.0. The number of ether oxygens (including phenoxy) is 1. The number of carboxylic acid groups (broad SMARTS) is 1. The van der Waals surface area contributed by atoms with Crippen molar-refractivity contribution in [3.63, 3.8) is 0 Å². The number of hydrogen-bond acceptors (Lipinski definition) is 3. The Bertz CT molecular complexity index is 623. The second-order valence-corrected chi connectivity index (χ2v) is 4.77. The van der Waals surface area contributed by atoms with Crippen LogP contribution in [0.25, 0.3) is 0 Å². The van der Waals surface area contributed by atoms with E-state index in [1.807, 2.05) is 18.2 Å². The number of carbonyl (C=O) groups is 2. The monoisotopic (exact) mass is 299 g/mol. The molecule has 114 valence electrons. The Morgan fingerprint density at radius 2 is 1.68 bits per heavy atom. The number of nitrogens with one attached hydrogen (secondary N) is 1. The first kappa shape index (κ1) is 15.6. The normalized spacial score (nSPS) is 10.0. The van der Waals surface area contributed by atoms with E-state index in [9.17, 15) is 9.59 Å². The van der Waals surface area contributed by atoms with Crippen molar-refractivity contribution in [2.45, 2.75) is 19.3 Å². The molecule has 0 aliphatic carbocycles. The second kappa shape index (κ2) is 7.83. The Balaban J connectivity index is 1.83. The van der Waals surface area contributed by atoms with Gasteiger partial charge in [0.2, 0.25) is 0 Å². The van der Waals surface area contributed by atoms with E-state index >= 15 is 0 Å². The predicted molar refractivity (Wildman–Crippen MR) is 83.1 cm³/mol. The average molecular weight is 299 g/mol. The van der Waals surface area contributed by atoms with Crippen molar-refractivity contribution >= 4 is 17.7 Å². The topological polar surface area (TPSA) is 75.6 Å². The number of benzene rings is 2. The van der Waals surface area contributed by atoms with Crippen LogP contribution in [0.5, 0.6) is 5.75 Å². The summed E-state index contributed by atoms with van der Waals surface area (Å²) in [6.45, 7) is 0. The molecule has 0 heterocycles. The Kier molecular flexibility index (Phi) is 5.54. The van der Waals surface area contributed by atoms with Gasteiger partial charge in [0.25, 0.3) is 0 Å². The molecule has 0 atom stereocenters. The summed E-state index contributed by atoms with van der Waals surface area (Å²) in [6, 6.07) is 16.1. The van der Waals surface area contributed by atoms with Crippen molar-refractivity contribution in [2.75, 3.05) is 5.32 Å². The van der Waals surface area contributed by atoms with Gasteiger partial charge in [0.05, 0.1) is 0 Å². The number of hydrogen-bond donors (Lipinski definition) is 2. The lowest BCUT2D eigenvalue weighted by Crippen LogP contribution is -2.16. The number of aryl methyl sites for hydroxylation is 1. The molecule has 0 saturated carbocycles. The number of carbonyl (C=O) groups excluding carboxylic acids is 1. The van der Waals surface area contributed by atoms with E-state index in [4.69, 9.17) is 9.84 Å². The van der Waals surface area contributed by atoms with Crippen molar-refractivity contribution in [1.29, 1.82) is 0 Å². The fourth-order valence-electron chi connectivity index (χ4n) is 1.94. The first-order chi connectivity index (χ1) is 10.6. The minimum atomic E-state index is -0.790. The summed E-state index contributed by atoms with van der Waals surface area (Å²) in [7, 11) is 0. The number of rotatable bonds is 6. The molecule has 0 saturated heterocycles. The van der Waals surface area contributed by atoms with Crippen molar-refractivity contribution in [2.24, 2.45) is 0 Å². The minimum Gasteiger partial charge on any atom is -0.481 e. The molecular weight excluding hydrogens is 282 g/mol. The lowest BCUT2D eigenvalue weighted by Gasteiger charge is -2.07. The Labute approximate surface area is 128 Å². The quantitative estimate of drug-likeness (QED) is 0.852. The molecule has 5 heteroatoms. The maximum absolute atomic E-state index is 11.7.